The van der Waals surface area contributed by atoms with E-state index in [2.05, 4.69) is 21.2 Å². The van der Waals surface area contributed by atoms with Crippen molar-refractivity contribution >= 4 is 37.4 Å². The second-order valence-corrected chi connectivity index (χ2v) is 7.06. The van der Waals surface area contributed by atoms with Crippen molar-refractivity contribution in [2.75, 3.05) is 11.6 Å². The Hall–Kier alpha value is -0.880. The van der Waals surface area contributed by atoms with E-state index in [4.69, 9.17) is 0 Å². The number of aryl methyl sites for hydroxylation is 1. The van der Waals surface area contributed by atoms with Crippen LogP contribution >= 0.6 is 15.9 Å². The van der Waals surface area contributed by atoms with Gasteiger partial charge >= 0.3 is 0 Å². The number of carbonyl (C=O) groups is 1. The molecule has 1 atom stereocenters. The Kier molecular flexibility index (Phi) is 4.32. The van der Waals surface area contributed by atoms with Gasteiger partial charge in [0.1, 0.15) is 5.25 Å². The van der Waals surface area contributed by atoms with Gasteiger partial charge in [-0.25, -0.2) is 8.42 Å². The maximum atomic E-state index is 11.7. The molecule has 0 aliphatic rings. The van der Waals surface area contributed by atoms with Gasteiger partial charge in [0.2, 0.25) is 5.91 Å². The summed E-state index contributed by atoms with van der Waals surface area (Å²) in [6, 6.07) is 5.39. The third-order valence-electron chi connectivity index (χ3n) is 2.46. The molecular weight excluding hydrogens is 306 g/mol. The number of rotatable bonds is 3. The van der Waals surface area contributed by atoms with Crippen LogP contribution in [0.15, 0.2) is 22.7 Å². The summed E-state index contributed by atoms with van der Waals surface area (Å²) in [5.41, 5.74) is 1.54. The number of carbonyl (C=O) groups excluding carboxylic acids is 1. The fourth-order valence-corrected chi connectivity index (χ4v) is 1.98. The molecule has 0 bridgehead atoms. The fraction of sp³-hybridized carbons (Fsp3) is 0.364. The van der Waals surface area contributed by atoms with Gasteiger partial charge in [-0.2, -0.15) is 0 Å². The molecule has 1 N–H and O–H groups in total. The molecule has 1 aromatic carbocycles. The Morgan fingerprint density at radius 1 is 1.41 bits per heavy atom. The number of hydrogen-bond donors (Lipinski definition) is 1. The molecule has 1 unspecified atom stereocenters. The summed E-state index contributed by atoms with van der Waals surface area (Å²) in [6.45, 7) is 3.26. The number of sulfone groups is 1. The number of hydrogen-bond acceptors (Lipinski definition) is 3. The first-order chi connectivity index (χ1) is 7.73. The van der Waals surface area contributed by atoms with E-state index < -0.39 is 21.0 Å². The highest BCUT2D eigenvalue weighted by Gasteiger charge is 2.23. The standard InChI is InChI=1S/C11H14BrNO3S/c1-7-5-4-6-9(10(7)12)13-11(14)8(2)17(3,15)16/h4-6,8H,1-3H3,(H,13,14). The molecule has 6 heteroatoms. The maximum absolute atomic E-state index is 11.7. The molecule has 1 rings (SSSR count). The van der Waals surface area contributed by atoms with Crippen LogP contribution in [-0.2, 0) is 14.6 Å². The van der Waals surface area contributed by atoms with Crippen LogP contribution in [-0.4, -0.2) is 25.8 Å². The Balaban J connectivity index is 2.93. The van der Waals surface area contributed by atoms with Crippen LogP contribution in [0, 0.1) is 6.92 Å². The average Bonchev–Trinajstić information content (AvgIpc) is 2.22. The van der Waals surface area contributed by atoms with Crippen LogP contribution in [0.4, 0.5) is 5.69 Å². The van der Waals surface area contributed by atoms with E-state index in [0.29, 0.717) is 5.69 Å². The molecule has 0 aliphatic carbocycles. The summed E-state index contributed by atoms with van der Waals surface area (Å²) >= 11 is 3.34. The third kappa shape index (κ3) is 3.54. The number of nitrogens with one attached hydrogen (secondary N) is 1. The zero-order chi connectivity index (χ0) is 13.2. The molecule has 0 radical (unpaired) electrons. The van der Waals surface area contributed by atoms with Gasteiger partial charge in [-0.15, -0.1) is 0 Å². The summed E-state index contributed by atoms with van der Waals surface area (Å²) in [5, 5.41) is 1.53. The van der Waals surface area contributed by atoms with Crippen molar-refractivity contribution in [3.05, 3.63) is 28.2 Å². The third-order valence-corrected chi connectivity index (χ3v) is 5.01. The minimum atomic E-state index is -3.37. The largest absolute Gasteiger partial charge is 0.324 e. The van der Waals surface area contributed by atoms with E-state index in [1.165, 1.54) is 6.92 Å². The summed E-state index contributed by atoms with van der Waals surface area (Å²) < 4.78 is 23.2. The van der Waals surface area contributed by atoms with Crippen LogP contribution in [0.5, 0.6) is 0 Å². The summed E-state index contributed by atoms with van der Waals surface area (Å²) in [6.07, 6.45) is 1.04. The number of benzene rings is 1. The van der Waals surface area contributed by atoms with Crippen molar-refractivity contribution in [1.82, 2.24) is 0 Å². The molecule has 1 amide bonds. The summed E-state index contributed by atoms with van der Waals surface area (Å²) in [7, 11) is -3.37. The predicted octanol–water partition coefficient (Wildman–Crippen LogP) is 2.13. The van der Waals surface area contributed by atoms with Gasteiger partial charge in [0.25, 0.3) is 0 Å². The molecule has 0 saturated heterocycles. The van der Waals surface area contributed by atoms with Gasteiger partial charge in [0, 0.05) is 10.7 Å². The van der Waals surface area contributed by atoms with Crippen LogP contribution in [0.1, 0.15) is 12.5 Å². The SMILES string of the molecule is Cc1cccc(NC(=O)C(C)S(C)(=O)=O)c1Br. The number of anilines is 1. The monoisotopic (exact) mass is 319 g/mol. The van der Waals surface area contributed by atoms with Gasteiger partial charge in [0.05, 0.1) is 5.69 Å². The molecule has 0 aliphatic heterocycles. The summed E-state index contributed by atoms with van der Waals surface area (Å²) in [5.74, 6) is -0.529. The van der Waals surface area contributed by atoms with Crippen LogP contribution in [0.3, 0.4) is 0 Å². The van der Waals surface area contributed by atoms with Crippen molar-refractivity contribution in [3.8, 4) is 0 Å². The first-order valence-corrected chi connectivity index (χ1v) is 7.73. The lowest BCUT2D eigenvalue weighted by Crippen LogP contribution is -2.31. The number of amides is 1. The molecule has 94 valence electrons. The normalized spacial score (nSPS) is 13.2. The summed E-state index contributed by atoms with van der Waals surface area (Å²) in [4.78, 5) is 11.7. The molecule has 17 heavy (non-hydrogen) atoms. The van der Waals surface area contributed by atoms with E-state index in [-0.39, 0.29) is 0 Å². The van der Waals surface area contributed by atoms with Crippen LogP contribution in [0.25, 0.3) is 0 Å². The zero-order valence-corrected chi connectivity index (χ0v) is 12.2. The topological polar surface area (TPSA) is 63.2 Å². The minimum absolute atomic E-state index is 0.529. The van der Waals surface area contributed by atoms with Crippen LogP contribution < -0.4 is 5.32 Å². The van der Waals surface area contributed by atoms with Crippen molar-refractivity contribution in [1.29, 1.82) is 0 Å². The van der Waals surface area contributed by atoms with Crippen molar-refractivity contribution in [2.45, 2.75) is 19.1 Å². The second kappa shape index (κ2) is 5.18. The second-order valence-electron chi connectivity index (χ2n) is 3.90. The van der Waals surface area contributed by atoms with E-state index in [1.54, 1.807) is 12.1 Å². The molecule has 0 aromatic heterocycles. The fourth-order valence-electron chi connectivity index (χ4n) is 1.17. The highest BCUT2D eigenvalue weighted by molar-refractivity contribution is 9.10. The van der Waals surface area contributed by atoms with Crippen molar-refractivity contribution < 1.29 is 13.2 Å². The van der Waals surface area contributed by atoms with Crippen molar-refractivity contribution in [3.63, 3.8) is 0 Å². The van der Waals surface area contributed by atoms with Crippen molar-refractivity contribution in [2.24, 2.45) is 0 Å². The smallest absolute Gasteiger partial charge is 0.242 e. The minimum Gasteiger partial charge on any atom is -0.324 e. The first kappa shape index (κ1) is 14.2. The molecule has 1 aromatic rings. The molecule has 0 fully saturated rings. The van der Waals surface area contributed by atoms with Gasteiger partial charge < -0.3 is 5.32 Å². The Morgan fingerprint density at radius 2 is 2.00 bits per heavy atom. The highest BCUT2D eigenvalue weighted by Crippen LogP contribution is 2.25. The number of halogens is 1. The quantitative estimate of drug-likeness (QED) is 0.928. The van der Waals surface area contributed by atoms with E-state index >= 15 is 0 Å². The molecule has 0 saturated carbocycles. The maximum Gasteiger partial charge on any atom is 0.242 e. The lowest BCUT2D eigenvalue weighted by atomic mass is 10.2. The van der Waals surface area contributed by atoms with Gasteiger partial charge in [-0.05, 0) is 41.4 Å². The van der Waals surface area contributed by atoms with Gasteiger partial charge in [-0.3, -0.25) is 4.79 Å². The lowest BCUT2D eigenvalue weighted by Gasteiger charge is -2.12. The lowest BCUT2D eigenvalue weighted by molar-refractivity contribution is -0.115. The van der Waals surface area contributed by atoms with E-state index in [0.717, 1.165) is 16.3 Å². The van der Waals surface area contributed by atoms with Gasteiger partial charge in [0.15, 0.2) is 9.84 Å². The van der Waals surface area contributed by atoms with E-state index in [1.807, 2.05) is 13.0 Å². The molecule has 0 spiro atoms. The zero-order valence-electron chi connectivity index (χ0n) is 9.82. The Bertz CT molecular complexity index is 540. The molecular formula is C11H14BrNO3S. The van der Waals surface area contributed by atoms with Gasteiger partial charge in [-0.1, -0.05) is 12.1 Å². The highest BCUT2D eigenvalue weighted by atomic mass is 79.9. The Labute approximate surface area is 109 Å². The predicted molar refractivity (Wildman–Crippen MR) is 71.8 cm³/mol. The van der Waals surface area contributed by atoms with E-state index in [9.17, 15) is 13.2 Å². The molecule has 0 heterocycles. The molecule has 4 nitrogen and oxygen atoms in total. The average molecular weight is 320 g/mol. The Morgan fingerprint density at radius 3 is 2.53 bits per heavy atom. The first-order valence-electron chi connectivity index (χ1n) is 4.98. The van der Waals surface area contributed by atoms with Crippen LogP contribution in [0.2, 0.25) is 0 Å².